The summed E-state index contributed by atoms with van der Waals surface area (Å²) in [5.41, 5.74) is 2.09. The van der Waals surface area contributed by atoms with E-state index in [9.17, 15) is 18.4 Å². The molecule has 1 unspecified atom stereocenters. The highest BCUT2D eigenvalue weighted by atomic mass is 32.2. The van der Waals surface area contributed by atoms with Gasteiger partial charge in [-0.15, -0.1) is 4.41 Å². The van der Waals surface area contributed by atoms with Crippen molar-refractivity contribution in [1.29, 1.82) is 0 Å². The first-order chi connectivity index (χ1) is 17.4. The zero-order valence-corrected chi connectivity index (χ0v) is 22.4. The van der Waals surface area contributed by atoms with E-state index in [1.54, 1.807) is 46.0 Å². The summed E-state index contributed by atoms with van der Waals surface area (Å²) in [7, 11) is 4.65. The summed E-state index contributed by atoms with van der Waals surface area (Å²) in [5.74, 6) is 0.952. The lowest BCUT2D eigenvalue weighted by molar-refractivity contribution is 0.0376. The molecule has 37 heavy (non-hydrogen) atoms. The molecule has 2 heterocycles. The van der Waals surface area contributed by atoms with Crippen LogP contribution in [0.15, 0.2) is 35.1 Å². The van der Waals surface area contributed by atoms with Gasteiger partial charge in [0.05, 0.1) is 31.0 Å². The normalized spacial score (nSPS) is 13.9. The van der Waals surface area contributed by atoms with Gasteiger partial charge in [-0.05, 0) is 56.5 Å². The van der Waals surface area contributed by atoms with Gasteiger partial charge in [0, 0.05) is 25.4 Å². The first-order valence-corrected chi connectivity index (χ1v) is 12.6. The zero-order valence-electron chi connectivity index (χ0n) is 21.6. The van der Waals surface area contributed by atoms with Crippen molar-refractivity contribution in [2.75, 3.05) is 25.8 Å². The molecule has 2 aromatic carbocycles. The molecule has 1 N–H and O–H groups in total. The van der Waals surface area contributed by atoms with Gasteiger partial charge in [-0.2, -0.15) is 5.10 Å². The second-order valence-corrected chi connectivity index (χ2v) is 10.4. The third-order valence-corrected chi connectivity index (χ3v) is 6.58. The summed E-state index contributed by atoms with van der Waals surface area (Å²) < 4.78 is 40.0. The molecule has 0 aliphatic carbocycles. The fraction of sp³-hybridized carbons (Fsp3) is 0.400. The van der Waals surface area contributed by atoms with E-state index >= 15 is 0 Å². The molecule has 0 spiro atoms. The highest BCUT2D eigenvalue weighted by Crippen LogP contribution is 2.34. The number of carbonyl (C=O) groups is 1. The van der Waals surface area contributed by atoms with Crippen LogP contribution in [0.1, 0.15) is 37.6 Å². The van der Waals surface area contributed by atoms with Gasteiger partial charge in [0.25, 0.3) is 16.8 Å². The number of nitrogens with zero attached hydrogens (tertiary/aromatic N) is 4. The largest absolute Gasteiger partial charge is 0.493 e. The zero-order chi connectivity index (χ0) is 27.1. The molecule has 0 radical (unpaired) electrons. The van der Waals surface area contributed by atoms with Gasteiger partial charge in [-0.1, -0.05) is 12.1 Å². The van der Waals surface area contributed by atoms with Crippen molar-refractivity contribution >= 4 is 33.8 Å². The number of anilines is 1. The lowest BCUT2D eigenvalue weighted by Crippen LogP contribution is -2.48. The predicted octanol–water partition coefficient (Wildman–Crippen LogP) is 3.19. The topological polar surface area (TPSA) is 123 Å². The second-order valence-electron chi connectivity index (χ2n) is 9.63. The molecule has 198 valence electrons. The Bertz CT molecular complexity index is 1450. The van der Waals surface area contributed by atoms with Crippen LogP contribution in [0, 0.1) is 0 Å². The molecule has 1 aliphatic rings. The van der Waals surface area contributed by atoms with Gasteiger partial charge in [0.1, 0.15) is 5.60 Å². The molecule has 0 bridgehead atoms. The van der Waals surface area contributed by atoms with E-state index in [2.05, 4.69) is 5.10 Å². The average molecular weight is 531 g/mol. The van der Waals surface area contributed by atoms with Crippen molar-refractivity contribution in [3.63, 3.8) is 0 Å². The Labute approximate surface area is 216 Å². The quantitative estimate of drug-likeness (QED) is 0.479. The molecule has 0 fully saturated rings. The van der Waals surface area contributed by atoms with Gasteiger partial charge in [-0.25, -0.2) is 13.7 Å². The van der Waals surface area contributed by atoms with Crippen molar-refractivity contribution in [3.8, 4) is 11.5 Å². The molecule has 0 saturated carbocycles. The van der Waals surface area contributed by atoms with E-state index in [0.717, 1.165) is 15.5 Å². The number of benzene rings is 2. The molecule has 0 saturated heterocycles. The maximum atomic E-state index is 12.8. The van der Waals surface area contributed by atoms with Crippen LogP contribution in [0.3, 0.4) is 0 Å². The Hall–Kier alpha value is -3.64. The third-order valence-electron chi connectivity index (χ3n) is 5.93. The number of carbonyl (C=O) groups excluding carboxylic acids is 1. The molecule has 1 aliphatic heterocycles. The van der Waals surface area contributed by atoms with Crippen LogP contribution in [0.2, 0.25) is 0 Å². The number of amides is 1. The standard InChI is InChI=1S/C25H30N4O7S/c1-25(2,3)36-24(31)29(37(32)33)28-10-9-16-11-15(7-8-20(16)28)12-19-17-13-21(34-5)22(35-6)14-18(17)23(30)27(4)26-19/h7-8,11,13-14H,9-10,12H2,1-6H3,(H,32,33). The minimum absolute atomic E-state index is 0.247. The molecule has 3 aromatic rings. The minimum Gasteiger partial charge on any atom is -0.493 e. The molecule has 11 nitrogen and oxygen atoms in total. The van der Waals surface area contributed by atoms with Crippen molar-refractivity contribution in [3.05, 3.63) is 57.5 Å². The van der Waals surface area contributed by atoms with Crippen molar-refractivity contribution in [2.24, 2.45) is 7.05 Å². The third kappa shape index (κ3) is 5.25. The van der Waals surface area contributed by atoms with Crippen LogP contribution in [-0.2, 0) is 35.9 Å². The van der Waals surface area contributed by atoms with Crippen molar-refractivity contribution < 1.29 is 27.8 Å². The summed E-state index contributed by atoms with van der Waals surface area (Å²) in [6, 6.07) is 9.05. The molecule has 1 atom stereocenters. The number of hydrazine groups is 1. The molecule has 12 heteroatoms. The van der Waals surface area contributed by atoms with Crippen LogP contribution in [-0.4, -0.2) is 55.4 Å². The summed E-state index contributed by atoms with van der Waals surface area (Å²) in [5, 5.41) is 7.09. The Kier molecular flexibility index (Phi) is 7.16. The Morgan fingerprint density at radius 2 is 1.78 bits per heavy atom. The highest BCUT2D eigenvalue weighted by Gasteiger charge is 2.35. The fourth-order valence-electron chi connectivity index (χ4n) is 4.36. The van der Waals surface area contributed by atoms with Crippen LogP contribution in [0.25, 0.3) is 10.8 Å². The molecular formula is C25H30N4O7S. The van der Waals surface area contributed by atoms with E-state index in [-0.39, 0.29) is 5.56 Å². The van der Waals surface area contributed by atoms with Gasteiger partial charge < -0.3 is 14.2 Å². The summed E-state index contributed by atoms with van der Waals surface area (Å²) in [6.07, 6.45) is 0.0804. The van der Waals surface area contributed by atoms with Crippen molar-refractivity contribution in [2.45, 2.75) is 39.2 Å². The van der Waals surface area contributed by atoms with Crippen LogP contribution < -0.4 is 20.0 Å². The minimum atomic E-state index is -2.61. The van der Waals surface area contributed by atoms with E-state index in [0.29, 0.717) is 53.0 Å². The van der Waals surface area contributed by atoms with Crippen molar-refractivity contribution in [1.82, 2.24) is 14.2 Å². The lowest BCUT2D eigenvalue weighted by atomic mass is 10.0. The van der Waals surface area contributed by atoms with Crippen LogP contribution in [0.4, 0.5) is 10.5 Å². The maximum absolute atomic E-state index is 12.8. The van der Waals surface area contributed by atoms with Gasteiger partial charge >= 0.3 is 6.09 Å². The number of rotatable bonds is 6. The van der Waals surface area contributed by atoms with Crippen LogP contribution >= 0.6 is 0 Å². The Morgan fingerprint density at radius 3 is 2.38 bits per heavy atom. The van der Waals surface area contributed by atoms with E-state index in [1.807, 2.05) is 12.1 Å². The fourth-order valence-corrected chi connectivity index (χ4v) is 4.86. The van der Waals surface area contributed by atoms with Gasteiger partial charge in [0.15, 0.2) is 11.5 Å². The van der Waals surface area contributed by atoms with E-state index in [1.165, 1.54) is 23.9 Å². The molecule has 1 amide bonds. The molecule has 1 aromatic heterocycles. The number of methoxy groups -OCH3 is 2. The monoisotopic (exact) mass is 530 g/mol. The number of aromatic nitrogens is 2. The smallest absolute Gasteiger partial charge is 0.443 e. The highest BCUT2D eigenvalue weighted by molar-refractivity contribution is 7.77. The molecule has 4 rings (SSSR count). The number of fused-ring (bicyclic) bond motifs is 2. The average Bonchev–Trinajstić information content (AvgIpc) is 3.22. The van der Waals surface area contributed by atoms with E-state index in [4.69, 9.17) is 14.2 Å². The number of hydrogen-bond donors (Lipinski definition) is 1. The van der Waals surface area contributed by atoms with Gasteiger partial charge in [-0.3, -0.25) is 14.4 Å². The first-order valence-electron chi connectivity index (χ1n) is 11.6. The summed E-state index contributed by atoms with van der Waals surface area (Å²) in [6.45, 7) is 5.41. The molecular weight excluding hydrogens is 500 g/mol. The Balaban J connectivity index is 1.69. The summed E-state index contributed by atoms with van der Waals surface area (Å²) >= 11 is -2.61. The predicted molar refractivity (Wildman–Crippen MR) is 139 cm³/mol. The number of aryl methyl sites for hydroxylation is 1. The lowest BCUT2D eigenvalue weighted by Gasteiger charge is -2.31. The maximum Gasteiger partial charge on any atom is 0.443 e. The number of hydrogen-bond acceptors (Lipinski definition) is 8. The second kappa shape index (κ2) is 10.0. The van der Waals surface area contributed by atoms with Gasteiger partial charge in [0.2, 0.25) is 0 Å². The van der Waals surface area contributed by atoms with Crippen LogP contribution in [0.5, 0.6) is 11.5 Å². The summed E-state index contributed by atoms with van der Waals surface area (Å²) in [4.78, 5) is 25.4. The number of ether oxygens (including phenoxy) is 3. The first kappa shape index (κ1) is 26.4. The Morgan fingerprint density at radius 1 is 1.14 bits per heavy atom. The van der Waals surface area contributed by atoms with E-state index < -0.39 is 23.0 Å². The SMILES string of the molecule is COc1cc2c(Cc3ccc4c(c3)CCN4N(C(=O)OC(C)(C)C)S(=O)O)nn(C)c(=O)c2cc1OC.